The van der Waals surface area contributed by atoms with E-state index >= 15 is 0 Å². The summed E-state index contributed by atoms with van der Waals surface area (Å²) in [6.07, 6.45) is 1.13. The van der Waals surface area contributed by atoms with E-state index in [2.05, 4.69) is 38.2 Å². The lowest BCUT2D eigenvalue weighted by molar-refractivity contribution is 0.449. The molecule has 1 N–H and O–H groups in total. The van der Waals surface area contributed by atoms with Gasteiger partial charge in [0.25, 0.3) is 0 Å². The molecule has 0 amide bonds. The van der Waals surface area contributed by atoms with Gasteiger partial charge in [-0.15, -0.1) is 0 Å². The summed E-state index contributed by atoms with van der Waals surface area (Å²) in [6, 6.07) is 8.62. The fourth-order valence-electron chi connectivity index (χ4n) is 2.00. The third-order valence-electron chi connectivity index (χ3n) is 2.91. The Morgan fingerprint density at radius 2 is 1.93 bits per heavy atom. The third-order valence-corrected chi connectivity index (χ3v) is 3.25. The van der Waals surface area contributed by atoms with Crippen LogP contribution >= 0.6 is 11.6 Å². The van der Waals surface area contributed by atoms with Crippen molar-refractivity contribution >= 4 is 11.6 Å². The van der Waals surface area contributed by atoms with Gasteiger partial charge in [-0.05, 0) is 30.5 Å². The maximum absolute atomic E-state index is 6.19. The molecule has 0 aliphatic rings. The van der Waals surface area contributed by atoms with Gasteiger partial charge in [-0.2, -0.15) is 0 Å². The first-order valence-corrected chi connectivity index (χ1v) is 6.06. The molecule has 2 heteroatoms. The minimum atomic E-state index is 0.462. The zero-order valence-corrected chi connectivity index (χ0v) is 10.5. The smallest absolute Gasteiger partial charge is 0.0441 e. The molecule has 0 heterocycles. The van der Waals surface area contributed by atoms with Gasteiger partial charge >= 0.3 is 0 Å². The van der Waals surface area contributed by atoms with Crippen LogP contribution in [0.2, 0.25) is 5.02 Å². The van der Waals surface area contributed by atoms with Crippen LogP contribution in [0.3, 0.4) is 0 Å². The van der Waals surface area contributed by atoms with Crippen molar-refractivity contribution in [1.82, 2.24) is 5.32 Å². The summed E-state index contributed by atoms with van der Waals surface area (Å²) in [6.45, 7) is 7.59. The normalized spacial score (nSPS) is 14.9. The highest BCUT2D eigenvalue weighted by atomic mass is 35.5. The maximum atomic E-state index is 6.19. The molecule has 1 aromatic rings. The van der Waals surface area contributed by atoms with E-state index in [0.29, 0.717) is 12.0 Å². The van der Waals surface area contributed by atoms with Crippen LogP contribution in [0.25, 0.3) is 0 Å². The Morgan fingerprint density at radius 1 is 1.27 bits per heavy atom. The predicted octanol–water partition coefficient (Wildman–Crippen LogP) is 3.83. The minimum absolute atomic E-state index is 0.462. The van der Waals surface area contributed by atoms with E-state index in [9.17, 15) is 0 Å². The van der Waals surface area contributed by atoms with E-state index in [4.69, 9.17) is 11.6 Å². The second kappa shape index (κ2) is 6.14. The average Bonchev–Trinajstić information content (AvgIpc) is 2.25. The SMILES string of the molecule is CCNC(CC)C(C)c1ccccc1Cl. The molecule has 84 valence electrons. The zero-order chi connectivity index (χ0) is 11.3. The molecule has 1 rings (SSSR count). The van der Waals surface area contributed by atoms with E-state index < -0.39 is 0 Å². The number of rotatable bonds is 5. The molecule has 0 aliphatic carbocycles. The van der Waals surface area contributed by atoms with E-state index in [-0.39, 0.29) is 0 Å². The number of likely N-dealkylation sites (N-methyl/N-ethyl adjacent to an activating group) is 1. The number of benzene rings is 1. The van der Waals surface area contributed by atoms with E-state index in [1.54, 1.807) is 0 Å². The molecule has 0 fully saturated rings. The van der Waals surface area contributed by atoms with Gasteiger partial charge in [0.05, 0.1) is 0 Å². The van der Waals surface area contributed by atoms with Gasteiger partial charge in [0.15, 0.2) is 0 Å². The standard InChI is InChI=1S/C13H20ClN/c1-4-13(15-5-2)10(3)11-8-6-7-9-12(11)14/h6-10,13,15H,4-5H2,1-3H3. The molecule has 0 spiro atoms. The second-order valence-electron chi connectivity index (χ2n) is 3.88. The highest BCUT2D eigenvalue weighted by molar-refractivity contribution is 6.31. The number of hydrogen-bond donors (Lipinski definition) is 1. The lowest BCUT2D eigenvalue weighted by atomic mass is 9.91. The Labute approximate surface area is 97.8 Å². The van der Waals surface area contributed by atoms with Crippen LogP contribution in [0.4, 0.5) is 0 Å². The van der Waals surface area contributed by atoms with Crippen LogP contribution in [-0.4, -0.2) is 12.6 Å². The van der Waals surface area contributed by atoms with E-state index in [1.165, 1.54) is 5.56 Å². The number of halogens is 1. The molecule has 15 heavy (non-hydrogen) atoms. The van der Waals surface area contributed by atoms with Crippen molar-refractivity contribution in [2.45, 2.75) is 39.2 Å². The van der Waals surface area contributed by atoms with Crippen LogP contribution in [0, 0.1) is 0 Å². The summed E-state index contributed by atoms with van der Waals surface area (Å²) < 4.78 is 0. The van der Waals surface area contributed by atoms with Crippen molar-refractivity contribution in [2.24, 2.45) is 0 Å². The van der Waals surface area contributed by atoms with Crippen LogP contribution in [0.15, 0.2) is 24.3 Å². The summed E-state index contributed by atoms with van der Waals surface area (Å²) in [7, 11) is 0. The Morgan fingerprint density at radius 3 is 2.47 bits per heavy atom. The Kier molecular flexibility index (Phi) is 5.13. The highest BCUT2D eigenvalue weighted by Crippen LogP contribution is 2.27. The van der Waals surface area contributed by atoms with Gasteiger partial charge in [0, 0.05) is 11.1 Å². The van der Waals surface area contributed by atoms with Crippen molar-refractivity contribution in [3.8, 4) is 0 Å². The molecule has 0 saturated heterocycles. The molecule has 2 unspecified atom stereocenters. The zero-order valence-electron chi connectivity index (χ0n) is 9.76. The molecule has 0 radical (unpaired) electrons. The Balaban J connectivity index is 2.82. The molecule has 0 aliphatic heterocycles. The quantitative estimate of drug-likeness (QED) is 0.803. The lowest BCUT2D eigenvalue weighted by Gasteiger charge is -2.24. The molecular formula is C13H20ClN. The Hall–Kier alpha value is -0.530. The van der Waals surface area contributed by atoms with Crippen molar-refractivity contribution in [1.29, 1.82) is 0 Å². The summed E-state index contributed by atoms with van der Waals surface area (Å²) in [4.78, 5) is 0. The molecule has 0 saturated carbocycles. The highest BCUT2D eigenvalue weighted by Gasteiger charge is 2.17. The van der Waals surface area contributed by atoms with Gasteiger partial charge in [-0.1, -0.05) is 50.6 Å². The fourth-order valence-corrected chi connectivity index (χ4v) is 2.31. The van der Waals surface area contributed by atoms with Gasteiger partial charge in [-0.25, -0.2) is 0 Å². The minimum Gasteiger partial charge on any atom is -0.314 e. The van der Waals surface area contributed by atoms with Gasteiger partial charge in [0.2, 0.25) is 0 Å². The fraction of sp³-hybridized carbons (Fsp3) is 0.538. The molecular weight excluding hydrogens is 206 g/mol. The van der Waals surface area contributed by atoms with Crippen molar-refractivity contribution in [3.63, 3.8) is 0 Å². The monoisotopic (exact) mass is 225 g/mol. The van der Waals surface area contributed by atoms with Crippen LogP contribution in [-0.2, 0) is 0 Å². The van der Waals surface area contributed by atoms with Crippen LogP contribution in [0.5, 0.6) is 0 Å². The predicted molar refractivity (Wildman–Crippen MR) is 67.6 cm³/mol. The van der Waals surface area contributed by atoms with Crippen molar-refractivity contribution < 1.29 is 0 Å². The first-order valence-electron chi connectivity index (χ1n) is 5.68. The molecule has 0 bridgehead atoms. The average molecular weight is 226 g/mol. The number of nitrogens with one attached hydrogen (secondary N) is 1. The van der Waals surface area contributed by atoms with E-state index in [1.807, 2.05) is 12.1 Å². The summed E-state index contributed by atoms with van der Waals surface area (Å²) >= 11 is 6.19. The Bertz CT molecular complexity index is 298. The second-order valence-corrected chi connectivity index (χ2v) is 4.29. The summed E-state index contributed by atoms with van der Waals surface area (Å²) in [5.74, 6) is 0.462. The lowest BCUT2D eigenvalue weighted by Crippen LogP contribution is -2.33. The topological polar surface area (TPSA) is 12.0 Å². The molecule has 0 aromatic heterocycles. The van der Waals surface area contributed by atoms with Gasteiger partial charge < -0.3 is 5.32 Å². The third kappa shape index (κ3) is 3.22. The van der Waals surface area contributed by atoms with Crippen molar-refractivity contribution in [3.05, 3.63) is 34.9 Å². The maximum Gasteiger partial charge on any atom is 0.0441 e. The summed E-state index contributed by atoms with van der Waals surface area (Å²) in [5, 5.41) is 4.38. The van der Waals surface area contributed by atoms with Crippen molar-refractivity contribution in [2.75, 3.05) is 6.54 Å². The molecule has 2 atom stereocenters. The summed E-state index contributed by atoms with van der Waals surface area (Å²) in [5.41, 5.74) is 1.24. The molecule has 1 aromatic carbocycles. The molecule has 1 nitrogen and oxygen atoms in total. The van der Waals surface area contributed by atoms with E-state index in [0.717, 1.165) is 18.0 Å². The van der Waals surface area contributed by atoms with Gasteiger partial charge in [-0.3, -0.25) is 0 Å². The first kappa shape index (κ1) is 12.5. The van der Waals surface area contributed by atoms with Crippen LogP contribution in [0.1, 0.15) is 38.7 Å². The van der Waals surface area contributed by atoms with Crippen LogP contribution < -0.4 is 5.32 Å². The first-order chi connectivity index (χ1) is 7.20. The number of hydrogen-bond acceptors (Lipinski definition) is 1. The van der Waals surface area contributed by atoms with Gasteiger partial charge in [0.1, 0.15) is 0 Å². The largest absolute Gasteiger partial charge is 0.314 e.